The van der Waals surface area contributed by atoms with Crippen molar-refractivity contribution < 1.29 is 22.7 Å². The van der Waals surface area contributed by atoms with Crippen LogP contribution in [0.3, 0.4) is 0 Å². The number of fused-ring (bicyclic) bond motifs is 1. The van der Waals surface area contributed by atoms with Gasteiger partial charge in [-0.15, -0.1) is 0 Å². The molecule has 0 radical (unpaired) electrons. The van der Waals surface area contributed by atoms with Gasteiger partial charge >= 0.3 is 0 Å². The fourth-order valence-corrected chi connectivity index (χ4v) is 5.41. The summed E-state index contributed by atoms with van der Waals surface area (Å²) in [5.74, 6) is 1.29. The second kappa shape index (κ2) is 8.09. The van der Waals surface area contributed by atoms with E-state index >= 15 is 0 Å². The van der Waals surface area contributed by atoms with Crippen molar-refractivity contribution in [2.75, 3.05) is 19.9 Å². The summed E-state index contributed by atoms with van der Waals surface area (Å²) in [5.41, 5.74) is 0.286. The lowest BCUT2D eigenvalue weighted by molar-refractivity contribution is -0.132. The molecule has 160 valence electrons. The quantitative estimate of drug-likeness (QED) is 0.756. The van der Waals surface area contributed by atoms with E-state index in [9.17, 15) is 13.2 Å². The molecule has 0 aromatic heterocycles. The molecule has 0 unspecified atom stereocenters. The molecule has 1 fully saturated rings. The molecule has 2 heterocycles. The van der Waals surface area contributed by atoms with E-state index < -0.39 is 15.4 Å². The number of benzene rings is 2. The summed E-state index contributed by atoms with van der Waals surface area (Å²) in [5, 5.41) is 3.35. The molecule has 9 heteroatoms. The Morgan fingerprint density at radius 3 is 2.60 bits per heavy atom. The molecule has 0 saturated carbocycles. The molecular weight excluding hydrogens is 428 g/mol. The molecule has 1 saturated heterocycles. The third-order valence-corrected chi connectivity index (χ3v) is 7.83. The summed E-state index contributed by atoms with van der Waals surface area (Å²) >= 11 is 5.94. The first kappa shape index (κ1) is 21.0. The number of rotatable bonds is 5. The number of carbonyl (C=O) groups is 1. The third-order valence-electron chi connectivity index (χ3n) is 5.70. The van der Waals surface area contributed by atoms with Gasteiger partial charge in [0.05, 0.1) is 4.90 Å². The Morgan fingerprint density at radius 1 is 1.13 bits per heavy atom. The fraction of sp³-hybridized carbons (Fsp3) is 0.381. The van der Waals surface area contributed by atoms with Crippen LogP contribution in [0.5, 0.6) is 11.5 Å². The van der Waals surface area contributed by atoms with Gasteiger partial charge in [-0.1, -0.05) is 30.7 Å². The first-order valence-corrected chi connectivity index (χ1v) is 11.5. The Hall–Kier alpha value is -2.29. The monoisotopic (exact) mass is 450 g/mol. The lowest BCUT2D eigenvalue weighted by Crippen LogP contribution is -2.48. The van der Waals surface area contributed by atoms with Gasteiger partial charge in [0.15, 0.2) is 11.5 Å². The summed E-state index contributed by atoms with van der Waals surface area (Å²) in [7, 11) is -3.63. The van der Waals surface area contributed by atoms with Gasteiger partial charge in [-0.2, -0.15) is 4.31 Å². The molecule has 4 rings (SSSR count). The molecule has 2 aromatic rings. The number of hydrogen-bond acceptors (Lipinski definition) is 5. The Balaban J connectivity index is 1.36. The van der Waals surface area contributed by atoms with Crippen molar-refractivity contribution in [2.45, 2.75) is 31.2 Å². The highest BCUT2D eigenvalue weighted by Gasteiger charge is 2.40. The Kier molecular flexibility index (Phi) is 5.65. The molecule has 0 aliphatic carbocycles. The van der Waals surface area contributed by atoms with Crippen molar-refractivity contribution in [2.24, 2.45) is 5.41 Å². The highest BCUT2D eigenvalue weighted by Crippen LogP contribution is 2.35. The van der Waals surface area contributed by atoms with Crippen molar-refractivity contribution in [3.63, 3.8) is 0 Å². The van der Waals surface area contributed by atoms with Gasteiger partial charge < -0.3 is 14.8 Å². The number of nitrogens with zero attached hydrogens (tertiary/aromatic N) is 1. The van der Waals surface area contributed by atoms with Gasteiger partial charge in [0.2, 0.25) is 22.7 Å². The van der Waals surface area contributed by atoms with Crippen LogP contribution in [0.25, 0.3) is 0 Å². The van der Waals surface area contributed by atoms with Gasteiger partial charge in [-0.05, 0) is 48.7 Å². The van der Waals surface area contributed by atoms with E-state index in [0.717, 1.165) is 5.56 Å². The van der Waals surface area contributed by atoms with Crippen molar-refractivity contribution in [1.29, 1.82) is 0 Å². The number of carbonyl (C=O) groups excluding carboxylic acids is 1. The average molecular weight is 451 g/mol. The Bertz CT molecular complexity index is 1060. The second-order valence-corrected chi connectivity index (χ2v) is 10.2. The van der Waals surface area contributed by atoms with Crippen LogP contribution in [0.1, 0.15) is 25.3 Å². The first-order chi connectivity index (χ1) is 14.3. The van der Waals surface area contributed by atoms with Crippen LogP contribution in [0.15, 0.2) is 47.4 Å². The summed E-state index contributed by atoms with van der Waals surface area (Å²) in [6.07, 6.45) is 0.888. The zero-order chi connectivity index (χ0) is 21.4. The van der Waals surface area contributed by atoms with E-state index in [1.54, 1.807) is 12.1 Å². The van der Waals surface area contributed by atoms with E-state index in [0.29, 0.717) is 35.9 Å². The molecule has 0 spiro atoms. The van der Waals surface area contributed by atoms with E-state index in [-0.39, 0.29) is 30.7 Å². The Morgan fingerprint density at radius 2 is 1.87 bits per heavy atom. The highest BCUT2D eigenvalue weighted by molar-refractivity contribution is 7.89. The number of sulfonamides is 1. The van der Waals surface area contributed by atoms with E-state index in [1.807, 2.05) is 25.1 Å². The van der Waals surface area contributed by atoms with Gasteiger partial charge in [0.25, 0.3) is 0 Å². The number of halogens is 1. The minimum Gasteiger partial charge on any atom is -0.454 e. The number of piperidine rings is 1. The molecule has 30 heavy (non-hydrogen) atoms. The van der Waals surface area contributed by atoms with E-state index in [2.05, 4.69) is 5.32 Å². The largest absolute Gasteiger partial charge is 0.454 e. The molecule has 2 aromatic carbocycles. The predicted molar refractivity (Wildman–Crippen MR) is 112 cm³/mol. The van der Waals surface area contributed by atoms with Crippen LogP contribution in [0.2, 0.25) is 5.02 Å². The van der Waals surface area contributed by atoms with Crippen molar-refractivity contribution in [3.8, 4) is 11.5 Å². The molecule has 1 amide bonds. The lowest BCUT2D eigenvalue weighted by Gasteiger charge is -2.37. The lowest BCUT2D eigenvalue weighted by atomic mass is 9.80. The maximum Gasteiger partial charge on any atom is 0.243 e. The fourth-order valence-electron chi connectivity index (χ4n) is 3.67. The van der Waals surface area contributed by atoms with Crippen molar-refractivity contribution >= 4 is 27.5 Å². The summed E-state index contributed by atoms with van der Waals surface area (Å²) in [6.45, 7) is 3.02. The van der Waals surface area contributed by atoms with Gasteiger partial charge in [-0.3, -0.25) is 4.79 Å². The normalized spacial score (nSPS) is 18.2. The van der Waals surface area contributed by atoms with Gasteiger partial charge in [0, 0.05) is 30.1 Å². The first-order valence-electron chi connectivity index (χ1n) is 9.70. The zero-order valence-electron chi connectivity index (χ0n) is 16.6. The number of nitrogens with one attached hydrogen (secondary N) is 1. The van der Waals surface area contributed by atoms with Crippen LogP contribution in [0, 0.1) is 5.41 Å². The smallest absolute Gasteiger partial charge is 0.243 e. The Labute approximate surface area is 181 Å². The summed E-state index contributed by atoms with van der Waals surface area (Å²) in [4.78, 5) is 13.0. The third kappa shape index (κ3) is 4.12. The molecule has 2 aliphatic rings. The maximum atomic E-state index is 12.9. The summed E-state index contributed by atoms with van der Waals surface area (Å²) in [6, 6.07) is 11.8. The zero-order valence-corrected chi connectivity index (χ0v) is 18.1. The molecule has 1 N–H and O–H groups in total. The van der Waals surface area contributed by atoms with E-state index in [4.69, 9.17) is 21.1 Å². The van der Waals surface area contributed by atoms with Crippen LogP contribution in [0.4, 0.5) is 0 Å². The van der Waals surface area contributed by atoms with Crippen LogP contribution in [-0.4, -0.2) is 38.5 Å². The SMILES string of the molecule is CC1(C(=O)NCc2ccc3c(c2)OCO3)CCN(S(=O)(=O)c2cccc(Cl)c2)CC1. The number of hydrogen-bond donors (Lipinski definition) is 1. The van der Waals surface area contributed by atoms with Crippen LogP contribution >= 0.6 is 11.6 Å². The average Bonchev–Trinajstić information content (AvgIpc) is 3.20. The van der Waals surface area contributed by atoms with Crippen LogP contribution in [-0.2, 0) is 21.4 Å². The molecule has 2 aliphatic heterocycles. The topological polar surface area (TPSA) is 84.9 Å². The number of amides is 1. The summed E-state index contributed by atoms with van der Waals surface area (Å²) < 4.78 is 37.8. The molecule has 7 nitrogen and oxygen atoms in total. The minimum absolute atomic E-state index is 0.0834. The molecular formula is C21H23ClN2O5S. The predicted octanol–water partition coefficient (Wildman–Crippen LogP) is 3.18. The van der Waals surface area contributed by atoms with Crippen LogP contribution < -0.4 is 14.8 Å². The van der Waals surface area contributed by atoms with Crippen molar-refractivity contribution in [3.05, 3.63) is 53.1 Å². The minimum atomic E-state index is -3.63. The molecule has 0 bridgehead atoms. The standard InChI is InChI=1S/C21H23ClN2O5S/c1-21(20(25)23-13-15-5-6-18-19(11-15)29-14-28-18)7-9-24(10-8-21)30(26,27)17-4-2-3-16(22)12-17/h2-6,11-12H,7-10,13-14H2,1H3,(H,23,25). The van der Waals surface area contributed by atoms with Gasteiger partial charge in [0.1, 0.15) is 0 Å². The maximum absolute atomic E-state index is 12.9. The van der Waals surface area contributed by atoms with Crippen molar-refractivity contribution in [1.82, 2.24) is 9.62 Å². The van der Waals surface area contributed by atoms with E-state index in [1.165, 1.54) is 16.4 Å². The highest BCUT2D eigenvalue weighted by atomic mass is 35.5. The second-order valence-electron chi connectivity index (χ2n) is 7.79. The molecule has 0 atom stereocenters. The van der Waals surface area contributed by atoms with Gasteiger partial charge in [-0.25, -0.2) is 8.42 Å². The number of ether oxygens (including phenoxy) is 2.